The molecule has 2 aromatic heterocycles. The maximum Gasteiger partial charge on any atom is 0.254 e. The Morgan fingerprint density at radius 3 is 2.54 bits per heavy atom. The second-order valence-corrected chi connectivity index (χ2v) is 11.2. The van der Waals surface area contributed by atoms with Crippen LogP contribution < -0.4 is 16.0 Å². The normalized spacial score (nSPS) is 12.4. The summed E-state index contributed by atoms with van der Waals surface area (Å²) in [6.45, 7) is 1.88. The van der Waals surface area contributed by atoms with E-state index < -0.39 is 0 Å². The number of nitrogens with one attached hydrogen (secondary N) is 4. The molecule has 0 saturated heterocycles. The monoisotopic (exact) mass is 560 g/mol. The van der Waals surface area contributed by atoms with Crippen LogP contribution in [-0.4, -0.2) is 38.7 Å². The molecule has 11 heteroatoms. The first-order valence-corrected chi connectivity index (χ1v) is 14.5. The maximum atomic E-state index is 13.2. The molecule has 0 spiro atoms. The minimum absolute atomic E-state index is 0.104. The predicted octanol–water partition coefficient (Wildman–Crippen LogP) is 5.03. The van der Waals surface area contributed by atoms with Crippen molar-refractivity contribution in [3.63, 3.8) is 0 Å². The van der Waals surface area contributed by atoms with Gasteiger partial charge in [0, 0.05) is 29.6 Å². The number of carbonyl (C=O) groups is 3. The molecule has 0 fully saturated rings. The van der Waals surface area contributed by atoms with Gasteiger partial charge >= 0.3 is 0 Å². The number of hydrogen-bond donors (Lipinski definition) is 4. The highest BCUT2D eigenvalue weighted by molar-refractivity contribution is 7.99. The first kappa shape index (κ1) is 26.6. The lowest BCUT2D eigenvalue weighted by atomic mass is 9.95. The third-order valence-electron chi connectivity index (χ3n) is 6.22. The molecule has 0 aliphatic heterocycles. The second kappa shape index (κ2) is 12.3. The van der Waals surface area contributed by atoms with Crippen molar-refractivity contribution in [1.82, 2.24) is 20.5 Å². The molecule has 9 nitrogen and oxygen atoms in total. The van der Waals surface area contributed by atoms with Crippen molar-refractivity contribution in [3.8, 4) is 11.4 Å². The Kier molecular flexibility index (Phi) is 8.38. The molecule has 2 aromatic carbocycles. The van der Waals surface area contributed by atoms with Crippen molar-refractivity contribution in [2.45, 2.75) is 44.3 Å². The van der Waals surface area contributed by atoms with Gasteiger partial charge in [0.05, 0.1) is 11.3 Å². The Bertz CT molecular complexity index is 1480. The summed E-state index contributed by atoms with van der Waals surface area (Å²) in [4.78, 5) is 43.0. The molecule has 39 heavy (non-hydrogen) atoms. The van der Waals surface area contributed by atoms with Gasteiger partial charge in [-0.3, -0.25) is 19.5 Å². The van der Waals surface area contributed by atoms with Crippen LogP contribution in [0.2, 0.25) is 0 Å². The van der Waals surface area contributed by atoms with Crippen LogP contribution in [0.15, 0.2) is 59.8 Å². The molecule has 0 saturated carbocycles. The van der Waals surface area contributed by atoms with Crippen molar-refractivity contribution >= 4 is 51.5 Å². The third kappa shape index (κ3) is 6.73. The lowest BCUT2D eigenvalue weighted by Gasteiger charge is -2.13. The van der Waals surface area contributed by atoms with E-state index in [1.54, 1.807) is 12.1 Å². The fraction of sp³-hybridized carbons (Fsp3) is 0.250. The lowest BCUT2D eigenvalue weighted by Crippen LogP contribution is -2.25. The zero-order chi connectivity index (χ0) is 27.2. The largest absolute Gasteiger partial charge is 0.348 e. The highest BCUT2D eigenvalue weighted by atomic mass is 32.2. The highest BCUT2D eigenvalue weighted by Crippen LogP contribution is 2.38. The number of fused-ring (bicyclic) bond motifs is 1. The van der Waals surface area contributed by atoms with E-state index >= 15 is 0 Å². The van der Waals surface area contributed by atoms with Crippen molar-refractivity contribution in [1.29, 1.82) is 0 Å². The van der Waals surface area contributed by atoms with Gasteiger partial charge in [-0.15, -0.1) is 16.4 Å². The summed E-state index contributed by atoms with van der Waals surface area (Å²) in [6.07, 6.45) is 3.89. The van der Waals surface area contributed by atoms with Gasteiger partial charge in [-0.05, 0) is 61.1 Å². The van der Waals surface area contributed by atoms with Crippen LogP contribution in [0.4, 0.5) is 10.7 Å². The van der Waals surface area contributed by atoms with Crippen molar-refractivity contribution in [2.75, 3.05) is 16.4 Å². The molecule has 3 amide bonds. The van der Waals surface area contributed by atoms with E-state index in [-0.39, 0.29) is 23.5 Å². The molecular formula is C28H28N6O3S2. The van der Waals surface area contributed by atoms with E-state index in [9.17, 15) is 14.4 Å². The maximum absolute atomic E-state index is 13.2. The fourth-order valence-corrected chi connectivity index (χ4v) is 6.31. The molecule has 1 aliphatic carbocycles. The summed E-state index contributed by atoms with van der Waals surface area (Å²) < 4.78 is 0. The van der Waals surface area contributed by atoms with Crippen molar-refractivity contribution in [3.05, 3.63) is 76.2 Å². The number of hydrogen-bond acceptors (Lipinski definition) is 7. The minimum atomic E-state index is -0.221. The lowest BCUT2D eigenvalue weighted by molar-refractivity contribution is -0.114. The zero-order valence-corrected chi connectivity index (χ0v) is 23.0. The molecule has 0 unspecified atom stereocenters. The summed E-state index contributed by atoms with van der Waals surface area (Å²) in [5.74, 6) is 0.149. The molecule has 4 aromatic rings. The SMILES string of the molecule is CC(=O)Nc1ccc(-c2nc(SCC(=O)Nc3sc4c(c3C(=O)NCc3ccccc3)CCCC4)n[nH]2)cc1. The third-order valence-corrected chi connectivity index (χ3v) is 8.28. The number of aromatic nitrogens is 3. The molecule has 0 radical (unpaired) electrons. The Morgan fingerprint density at radius 1 is 1.00 bits per heavy atom. The number of benzene rings is 2. The van der Waals surface area contributed by atoms with E-state index in [1.807, 2.05) is 42.5 Å². The van der Waals surface area contributed by atoms with Crippen molar-refractivity contribution in [2.24, 2.45) is 0 Å². The van der Waals surface area contributed by atoms with Gasteiger partial charge in [0.1, 0.15) is 5.00 Å². The highest BCUT2D eigenvalue weighted by Gasteiger charge is 2.26. The number of aromatic amines is 1. The van der Waals surface area contributed by atoms with E-state index in [0.29, 0.717) is 33.8 Å². The zero-order valence-electron chi connectivity index (χ0n) is 21.4. The summed E-state index contributed by atoms with van der Waals surface area (Å²) in [7, 11) is 0. The predicted molar refractivity (Wildman–Crippen MR) is 154 cm³/mol. The number of rotatable bonds is 9. The minimum Gasteiger partial charge on any atom is -0.348 e. The summed E-state index contributed by atoms with van der Waals surface area (Å²) in [6, 6.07) is 17.0. The molecule has 1 aliphatic rings. The number of H-pyrrole nitrogens is 1. The van der Waals surface area contributed by atoms with Crippen molar-refractivity contribution < 1.29 is 14.4 Å². The smallest absolute Gasteiger partial charge is 0.254 e. The molecule has 2 heterocycles. The van der Waals surface area contributed by atoms with Crippen LogP contribution in [0, 0.1) is 0 Å². The van der Waals surface area contributed by atoms with E-state index in [1.165, 1.54) is 34.9 Å². The van der Waals surface area contributed by atoms with Gasteiger partial charge in [0.15, 0.2) is 5.82 Å². The molecule has 4 N–H and O–H groups in total. The number of amides is 3. The Labute approximate surface area is 234 Å². The molecule has 0 atom stereocenters. The number of thiophene rings is 1. The summed E-state index contributed by atoms with van der Waals surface area (Å²) in [5, 5.41) is 16.9. The van der Waals surface area contributed by atoms with Gasteiger partial charge < -0.3 is 16.0 Å². The van der Waals surface area contributed by atoms with Gasteiger partial charge in [-0.1, -0.05) is 42.1 Å². The molecule has 0 bridgehead atoms. The number of aryl methyl sites for hydroxylation is 1. The summed E-state index contributed by atoms with van der Waals surface area (Å²) in [5.41, 5.74) is 4.17. The Hall–Kier alpha value is -3.96. The first-order valence-electron chi connectivity index (χ1n) is 12.7. The van der Waals surface area contributed by atoms with Crippen LogP contribution in [0.25, 0.3) is 11.4 Å². The van der Waals surface area contributed by atoms with Crippen LogP contribution in [-0.2, 0) is 29.0 Å². The topological polar surface area (TPSA) is 129 Å². The fourth-order valence-electron chi connectivity index (χ4n) is 4.41. The molecule has 200 valence electrons. The van der Waals surface area contributed by atoms with Crippen LogP contribution in [0.1, 0.15) is 46.1 Å². The molecule has 5 rings (SSSR count). The van der Waals surface area contributed by atoms with Gasteiger partial charge in [-0.2, -0.15) is 0 Å². The van der Waals surface area contributed by atoms with E-state index in [0.717, 1.165) is 42.4 Å². The van der Waals surface area contributed by atoms with E-state index in [4.69, 9.17) is 0 Å². The Balaban J connectivity index is 1.22. The van der Waals surface area contributed by atoms with Crippen LogP contribution in [0.3, 0.4) is 0 Å². The van der Waals surface area contributed by atoms with Gasteiger partial charge in [0.2, 0.25) is 17.0 Å². The number of thioether (sulfide) groups is 1. The number of carbonyl (C=O) groups excluding carboxylic acids is 3. The second-order valence-electron chi connectivity index (χ2n) is 9.15. The van der Waals surface area contributed by atoms with Gasteiger partial charge in [-0.25, -0.2) is 4.98 Å². The first-order chi connectivity index (χ1) is 19.0. The van der Waals surface area contributed by atoms with Gasteiger partial charge in [0.25, 0.3) is 5.91 Å². The average molecular weight is 561 g/mol. The van der Waals surface area contributed by atoms with Crippen LogP contribution >= 0.6 is 23.1 Å². The molecular weight excluding hydrogens is 532 g/mol. The van der Waals surface area contributed by atoms with Crippen LogP contribution in [0.5, 0.6) is 0 Å². The average Bonchev–Trinajstić information content (AvgIpc) is 3.56. The quantitative estimate of drug-likeness (QED) is 0.213. The number of nitrogens with zero attached hydrogens (tertiary/aromatic N) is 2. The standard InChI is InChI=1S/C28H28N6O3S2/c1-17(35)30-20-13-11-19(12-14-20)25-32-28(34-33-25)38-16-23(36)31-27-24(21-9-5-6-10-22(21)39-27)26(37)29-15-18-7-3-2-4-8-18/h2-4,7-8,11-14H,5-6,9-10,15-16H2,1H3,(H,29,37)(H,30,35)(H,31,36)(H,32,33,34). The Morgan fingerprint density at radius 2 is 1.77 bits per heavy atom. The van der Waals surface area contributed by atoms with E-state index in [2.05, 4.69) is 31.1 Å². The summed E-state index contributed by atoms with van der Waals surface area (Å²) >= 11 is 2.72. The number of anilines is 2.